The number of benzene rings is 1. The number of tetrazole rings is 1. The van der Waals surface area contributed by atoms with Crippen LogP contribution in [0.1, 0.15) is 28.7 Å². The van der Waals surface area contributed by atoms with Gasteiger partial charge in [-0.15, -0.1) is 5.10 Å². The molecular formula is C17H21N7O. The van der Waals surface area contributed by atoms with Gasteiger partial charge in [-0.3, -0.25) is 9.48 Å². The molecule has 0 spiro atoms. The van der Waals surface area contributed by atoms with E-state index in [1.807, 2.05) is 42.8 Å². The van der Waals surface area contributed by atoms with Gasteiger partial charge in [0, 0.05) is 18.8 Å². The predicted octanol–water partition coefficient (Wildman–Crippen LogP) is 1.54. The number of para-hydroxylation sites is 1. The molecule has 3 aromatic rings. The summed E-state index contributed by atoms with van der Waals surface area (Å²) in [5.74, 6) is 0.105. The largest absolute Gasteiger partial charge is 0.352 e. The number of aryl methyl sites for hydroxylation is 2. The van der Waals surface area contributed by atoms with Crippen LogP contribution in [0.15, 0.2) is 36.7 Å². The number of nitrogens with zero attached hydrogens (tertiary/aromatic N) is 6. The molecule has 8 heteroatoms. The molecule has 0 radical (unpaired) electrons. The summed E-state index contributed by atoms with van der Waals surface area (Å²) < 4.78 is 3.45. The van der Waals surface area contributed by atoms with Gasteiger partial charge in [0.05, 0.1) is 16.9 Å². The Balaban J connectivity index is 1.64. The van der Waals surface area contributed by atoms with Gasteiger partial charge in [-0.25, -0.2) is 0 Å². The fraction of sp³-hybridized carbons (Fsp3) is 0.353. The highest BCUT2D eigenvalue weighted by atomic mass is 16.1. The van der Waals surface area contributed by atoms with Crippen LogP contribution in [0.5, 0.6) is 0 Å². The van der Waals surface area contributed by atoms with E-state index in [9.17, 15) is 4.79 Å². The van der Waals surface area contributed by atoms with Crippen molar-refractivity contribution in [3.63, 3.8) is 0 Å². The van der Waals surface area contributed by atoms with Crippen molar-refractivity contribution in [3.8, 4) is 5.69 Å². The SMILES string of the molecule is Cc1cc(C)n(C[C@H](C)CNC(=O)c2ccccc2-n2cnnn2)n1. The van der Waals surface area contributed by atoms with E-state index in [0.717, 1.165) is 17.9 Å². The Morgan fingerprint density at radius 2 is 2.08 bits per heavy atom. The van der Waals surface area contributed by atoms with Crippen molar-refractivity contribution in [1.29, 1.82) is 0 Å². The molecule has 0 aliphatic heterocycles. The van der Waals surface area contributed by atoms with Crippen molar-refractivity contribution in [2.75, 3.05) is 6.54 Å². The second-order valence-corrected chi connectivity index (χ2v) is 6.20. The molecule has 0 bridgehead atoms. The van der Waals surface area contributed by atoms with E-state index < -0.39 is 0 Å². The van der Waals surface area contributed by atoms with Crippen LogP contribution in [-0.2, 0) is 6.54 Å². The molecular weight excluding hydrogens is 318 g/mol. The average molecular weight is 339 g/mol. The van der Waals surface area contributed by atoms with Crippen molar-refractivity contribution >= 4 is 5.91 Å². The standard InChI is InChI=1S/C17H21N7O/c1-12(10-23-14(3)8-13(2)20-23)9-18-17(25)15-6-4-5-7-16(15)24-11-19-21-22-24/h4-8,11-12H,9-10H2,1-3H3,(H,18,25)/t12-/m1/s1. The maximum atomic E-state index is 12.6. The third-order valence-corrected chi connectivity index (χ3v) is 3.94. The summed E-state index contributed by atoms with van der Waals surface area (Å²) in [5, 5.41) is 18.5. The first-order valence-corrected chi connectivity index (χ1v) is 8.16. The van der Waals surface area contributed by atoms with Gasteiger partial charge >= 0.3 is 0 Å². The lowest BCUT2D eigenvalue weighted by molar-refractivity contribution is 0.0946. The third-order valence-electron chi connectivity index (χ3n) is 3.94. The number of aromatic nitrogens is 6. The summed E-state index contributed by atoms with van der Waals surface area (Å²) in [6.07, 6.45) is 1.47. The maximum Gasteiger partial charge on any atom is 0.253 e. The Kier molecular flexibility index (Phi) is 4.87. The molecule has 8 nitrogen and oxygen atoms in total. The van der Waals surface area contributed by atoms with Crippen molar-refractivity contribution in [1.82, 2.24) is 35.3 Å². The second kappa shape index (κ2) is 7.25. The first-order valence-electron chi connectivity index (χ1n) is 8.16. The molecule has 1 atom stereocenters. The summed E-state index contributed by atoms with van der Waals surface area (Å²) in [4.78, 5) is 12.6. The highest BCUT2D eigenvalue weighted by Crippen LogP contribution is 2.13. The van der Waals surface area contributed by atoms with Gasteiger partial charge in [-0.2, -0.15) is 9.78 Å². The lowest BCUT2D eigenvalue weighted by atomic mass is 10.1. The van der Waals surface area contributed by atoms with Gasteiger partial charge in [0.2, 0.25) is 0 Å². The van der Waals surface area contributed by atoms with Gasteiger partial charge in [0.25, 0.3) is 5.91 Å². The summed E-state index contributed by atoms with van der Waals surface area (Å²) in [7, 11) is 0. The van der Waals surface area contributed by atoms with Crippen LogP contribution in [0.3, 0.4) is 0 Å². The van der Waals surface area contributed by atoms with Crippen LogP contribution in [0, 0.1) is 19.8 Å². The zero-order valence-electron chi connectivity index (χ0n) is 14.5. The molecule has 1 aromatic carbocycles. The minimum Gasteiger partial charge on any atom is -0.352 e. The first-order chi connectivity index (χ1) is 12.0. The summed E-state index contributed by atoms with van der Waals surface area (Å²) in [5.41, 5.74) is 3.31. The zero-order valence-corrected chi connectivity index (χ0v) is 14.5. The normalized spacial score (nSPS) is 12.1. The van der Waals surface area contributed by atoms with Gasteiger partial charge in [0.15, 0.2) is 0 Å². The van der Waals surface area contributed by atoms with E-state index in [4.69, 9.17) is 0 Å². The van der Waals surface area contributed by atoms with Gasteiger partial charge in [-0.05, 0) is 48.4 Å². The Bertz CT molecular complexity index is 854. The quantitative estimate of drug-likeness (QED) is 0.736. The number of hydrogen-bond donors (Lipinski definition) is 1. The molecule has 0 unspecified atom stereocenters. The monoisotopic (exact) mass is 339 g/mol. The highest BCUT2D eigenvalue weighted by Gasteiger charge is 2.14. The van der Waals surface area contributed by atoms with E-state index >= 15 is 0 Å². The Morgan fingerprint density at radius 1 is 1.28 bits per heavy atom. The van der Waals surface area contributed by atoms with Gasteiger partial charge in [-0.1, -0.05) is 19.1 Å². The van der Waals surface area contributed by atoms with E-state index in [-0.39, 0.29) is 11.8 Å². The zero-order chi connectivity index (χ0) is 17.8. The van der Waals surface area contributed by atoms with Crippen LogP contribution >= 0.6 is 0 Å². The Morgan fingerprint density at radius 3 is 2.76 bits per heavy atom. The minimum atomic E-state index is -0.147. The van der Waals surface area contributed by atoms with E-state index in [1.165, 1.54) is 11.0 Å². The fourth-order valence-electron chi connectivity index (χ4n) is 2.72. The number of rotatable bonds is 6. The van der Waals surface area contributed by atoms with Crippen LogP contribution in [0.4, 0.5) is 0 Å². The van der Waals surface area contributed by atoms with Crippen molar-refractivity contribution < 1.29 is 4.79 Å². The lowest BCUT2D eigenvalue weighted by Crippen LogP contribution is -2.31. The van der Waals surface area contributed by atoms with Crippen molar-refractivity contribution in [3.05, 3.63) is 53.6 Å². The van der Waals surface area contributed by atoms with E-state index in [2.05, 4.69) is 32.9 Å². The Labute approximate surface area is 145 Å². The number of carbonyl (C=O) groups excluding carboxylic acids is 1. The first kappa shape index (κ1) is 16.8. The number of nitrogens with one attached hydrogen (secondary N) is 1. The van der Waals surface area contributed by atoms with E-state index in [1.54, 1.807) is 6.07 Å². The molecule has 1 N–H and O–H groups in total. The molecule has 0 saturated heterocycles. The average Bonchev–Trinajstić information content (AvgIpc) is 3.23. The second-order valence-electron chi connectivity index (χ2n) is 6.20. The van der Waals surface area contributed by atoms with E-state index in [0.29, 0.717) is 17.8 Å². The van der Waals surface area contributed by atoms with Gasteiger partial charge < -0.3 is 5.32 Å². The lowest BCUT2D eigenvalue weighted by Gasteiger charge is -2.15. The molecule has 0 aliphatic rings. The van der Waals surface area contributed by atoms with Crippen LogP contribution in [-0.4, -0.2) is 42.4 Å². The highest BCUT2D eigenvalue weighted by molar-refractivity contribution is 5.97. The smallest absolute Gasteiger partial charge is 0.253 e. The molecule has 25 heavy (non-hydrogen) atoms. The molecule has 2 heterocycles. The third kappa shape index (κ3) is 3.90. The summed E-state index contributed by atoms with van der Waals surface area (Å²) in [6, 6.07) is 9.29. The molecule has 2 aromatic heterocycles. The maximum absolute atomic E-state index is 12.6. The predicted molar refractivity (Wildman–Crippen MR) is 92.4 cm³/mol. The summed E-state index contributed by atoms with van der Waals surface area (Å²) >= 11 is 0. The molecule has 1 amide bonds. The number of hydrogen-bond acceptors (Lipinski definition) is 5. The minimum absolute atomic E-state index is 0.147. The number of carbonyl (C=O) groups is 1. The van der Waals surface area contributed by atoms with Crippen molar-refractivity contribution in [2.45, 2.75) is 27.3 Å². The molecule has 0 saturated carbocycles. The number of amides is 1. The van der Waals surface area contributed by atoms with Crippen LogP contribution < -0.4 is 5.32 Å². The van der Waals surface area contributed by atoms with Crippen LogP contribution in [0.2, 0.25) is 0 Å². The molecule has 130 valence electrons. The fourth-order valence-corrected chi connectivity index (χ4v) is 2.72. The van der Waals surface area contributed by atoms with Crippen molar-refractivity contribution in [2.24, 2.45) is 5.92 Å². The molecule has 0 fully saturated rings. The molecule has 0 aliphatic carbocycles. The summed E-state index contributed by atoms with van der Waals surface area (Å²) in [6.45, 7) is 7.42. The molecule has 3 rings (SSSR count). The van der Waals surface area contributed by atoms with Crippen LogP contribution in [0.25, 0.3) is 5.69 Å². The topological polar surface area (TPSA) is 90.5 Å². The van der Waals surface area contributed by atoms with Gasteiger partial charge in [0.1, 0.15) is 6.33 Å². The Hall–Kier alpha value is -3.03.